The van der Waals surface area contributed by atoms with E-state index in [1.165, 1.54) is 6.42 Å². The van der Waals surface area contributed by atoms with Gasteiger partial charge < -0.3 is 15.3 Å². The number of rotatable bonds is 11. The van der Waals surface area contributed by atoms with Crippen molar-refractivity contribution in [3.63, 3.8) is 0 Å². The first-order valence-electron chi connectivity index (χ1n) is 14.1. The number of hydrogen-bond acceptors (Lipinski definition) is 8. The van der Waals surface area contributed by atoms with E-state index < -0.39 is 0 Å². The average molecular weight is 587 g/mol. The number of carbonyl (C=O) groups is 1. The molecule has 1 amide bonds. The van der Waals surface area contributed by atoms with E-state index in [9.17, 15) is 4.79 Å². The number of thiazole rings is 2. The second-order valence-corrected chi connectivity index (χ2v) is 12.7. The summed E-state index contributed by atoms with van der Waals surface area (Å²) in [5.74, 6) is 2.27. The molecule has 5 aromatic rings. The van der Waals surface area contributed by atoms with Crippen molar-refractivity contribution in [1.29, 1.82) is 0 Å². The van der Waals surface area contributed by atoms with Gasteiger partial charge in [-0.1, -0.05) is 37.3 Å². The van der Waals surface area contributed by atoms with Gasteiger partial charge in [0.15, 0.2) is 0 Å². The lowest BCUT2D eigenvalue weighted by Crippen LogP contribution is -2.26. The molecule has 5 heterocycles. The molecule has 1 fully saturated rings. The Labute approximate surface area is 247 Å². The highest BCUT2D eigenvalue weighted by Crippen LogP contribution is 2.38. The number of amides is 1. The Balaban J connectivity index is 1.02. The van der Waals surface area contributed by atoms with Crippen LogP contribution in [0.5, 0.6) is 0 Å². The molecule has 11 heteroatoms. The minimum atomic E-state index is 0.0583. The summed E-state index contributed by atoms with van der Waals surface area (Å²) in [6.07, 6.45) is 12.2. The molecule has 0 saturated carbocycles. The van der Waals surface area contributed by atoms with E-state index in [2.05, 4.69) is 54.1 Å². The fraction of sp³-hybridized carbons (Fsp3) is 0.367. The Morgan fingerprint density at radius 3 is 2.41 bits per heavy atom. The van der Waals surface area contributed by atoms with Crippen molar-refractivity contribution >= 4 is 28.6 Å². The van der Waals surface area contributed by atoms with Crippen LogP contribution in [0.2, 0.25) is 0 Å². The second kappa shape index (κ2) is 12.5. The Bertz CT molecular complexity index is 1590. The van der Waals surface area contributed by atoms with Crippen molar-refractivity contribution in [3.8, 4) is 31.2 Å². The fourth-order valence-electron chi connectivity index (χ4n) is 5.21. The van der Waals surface area contributed by atoms with Crippen LogP contribution in [-0.4, -0.2) is 60.8 Å². The van der Waals surface area contributed by atoms with E-state index >= 15 is 0 Å². The summed E-state index contributed by atoms with van der Waals surface area (Å²) in [6, 6.07) is 10.2. The largest absolute Gasteiger partial charge is 0.356 e. The first-order chi connectivity index (χ1) is 20.0. The number of likely N-dealkylation sites (tertiary alicyclic amines) is 1. The summed E-state index contributed by atoms with van der Waals surface area (Å²) in [5, 5.41) is 4.86. The third-order valence-electron chi connectivity index (χ3n) is 7.55. The number of hydrogen-bond donors (Lipinski definition) is 3. The Morgan fingerprint density at radius 2 is 1.71 bits per heavy atom. The van der Waals surface area contributed by atoms with Crippen LogP contribution in [0, 0.1) is 0 Å². The van der Waals surface area contributed by atoms with Crippen molar-refractivity contribution in [3.05, 3.63) is 72.3 Å². The summed E-state index contributed by atoms with van der Waals surface area (Å²) in [7, 11) is 2.15. The zero-order valence-corrected chi connectivity index (χ0v) is 24.9. The smallest absolute Gasteiger partial charge is 0.224 e. The highest BCUT2D eigenvalue weighted by molar-refractivity contribution is 7.24. The van der Waals surface area contributed by atoms with Crippen LogP contribution < -0.4 is 5.32 Å². The molecule has 1 aliphatic rings. The third-order valence-corrected chi connectivity index (χ3v) is 9.81. The van der Waals surface area contributed by atoms with E-state index in [0.29, 0.717) is 19.0 Å². The van der Waals surface area contributed by atoms with E-state index in [-0.39, 0.29) is 11.8 Å². The first kappa shape index (κ1) is 27.5. The van der Waals surface area contributed by atoms with Crippen LogP contribution in [0.25, 0.3) is 31.2 Å². The molecular weight excluding hydrogens is 553 g/mol. The van der Waals surface area contributed by atoms with Gasteiger partial charge in [0, 0.05) is 24.9 Å². The van der Waals surface area contributed by atoms with Gasteiger partial charge >= 0.3 is 0 Å². The van der Waals surface area contributed by atoms with Crippen molar-refractivity contribution < 1.29 is 4.79 Å². The van der Waals surface area contributed by atoms with Gasteiger partial charge in [-0.2, -0.15) is 0 Å². The van der Waals surface area contributed by atoms with E-state index in [0.717, 1.165) is 74.2 Å². The summed E-state index contributed by atoms with van der Waals surface area (Å²) < 4.78 is 0. The maximum atomic E-state index is 12.2. The van der Waals surface area contributed by atoms with Gasteiger partial charge in [-0.25, -0.2) is 19.9 Å². The van der Waals surface area contributed by atoms with Gasteiger partial charge in [-0.15, -0.1) is 22.7 Å². The van der Waals surface area contributed by atoms with E-state index in [4.69, 9.17) is 0 Å². The molecule has 2 atom stereocenters. The fourth-order valence-corrected chi connectivity index (χ4v) is 7.03. The molecule has 1 aliphatic heterocycles. The highest BCUT2D eigenvalue weighted by Gasteiger charge is 2.25. The molecule has 6 rings (SSSR count). The molecule has 4 aromatic heterocycles. The van der Waals surface area contributed by atoms with Gasteiger partial charge in [0.25, 0.3) is 0 Å². The quantitative estimate of drug-likeness (QED) is 0.162. The second-order valence-electron chi connectivity index (χ2n) is 10.6. The number of nitrogens with zero attached hydrogens (tertiary/aromatic N) is 5. The summed E-state index contributed by atoms with van der Waals surface area (Å²) in [4.78, 5) is 42.2. The zero-order chi connectivity index (χ0) is 28.2. The predicted molar refractivity (Wildman–Crippen MR) is 164 cm³/mol. The van der Waals surface area contributed by atoms with Crippen LogP contribution in [0.3, 0.4) is 0 Å². The zero-order valence-electron chi connectivity index (χ0n) is 23.3. The standard InChI is InChI=1S/C30H34N8OS2/c1-19(8-6-12-31-26(39)14-20-9-4-3-5-10-20)27-32-15-21(36-27)29-34-17-24(40-29)25-18-35-30(41-25)22-16-33-28(37-22)23-11-7-13-38(23)2/h3-5,9-10,15-19,23H,6-8,11-14H2,1-2H3,(H,31,39)(H,32,36)(H,33,37)/t19-,23-/m0/s1. The molecule has 1 aromatic carbocycles. The van der Waals surface area contributed by atoms with Crippen molar-refractivity contribution in [1.82, 2.24) is 40.1 Å². The molecule has 9 nitrogen and oxygen atoms in total. The monoisotopic (exact) mass is 586 g/mol. The number of carbonyl (C=O) groups excluding carboxylic acids is 1. The number of benzene rings is 1. The highest BCUT2D eigenvalue weighted by atomic mass is 32.1. The average Bonchev–Trinajstić information content (AvgIpc) is 3.80. The topological polar surface area (TPSA) is 115 Å². The number of H-pyrrole nitrogens is 2. The van der Waals surface area contributed by atoms with Crippen molar-refractivity contribution in [2.75, 3.05) is 20.1 Å². The maximum Gasteiger partial charge on any atom is 0.224 e. The molecule has 0 aliphatic carbocycles. The molecule has 0 spiro atoms. The Hall–Kier alpha value is -3.67. The molecule has 1 saturated heterocycles. The normalized spacial score (nSPS) is 16.3. The number of nitrogens with one attached hydrogen (secondary N) is 3. The SMILES string of the molecule is C[C@@H](CCCNC(=O)Cc1ccccc1)c1ncc(-c2ncc(-c3cnc(-c4cnc([C@@H]5CCCN5C)[nH]4)s3)s2)[nH]1. The Morgan fingerprint density at radius 1 is 1.00 bits per heavy atom. The molecule has 0 bridgehead atoms. The lowest BCUT2D eigenvalue weighted by molar-refractivity contribution is -0.120. The van der Waals surface area contributed by atoms with Gasteiger partial charge in [0.05, 0.1) is 46.0 Å². The van der Waals surface area contributed by atoms with Gasteiger partial charge in [0.2, 0.25) is 5.91 Å². The van der Waals surface area contributed by atoms with Crippen molar-refractivity contribution in [2.45, 2.75) is 51.0 Å². The molecule has 212 valence electrons. The molecule has 0 radical (unpaired) electrons. The van der Waals surface area contributed by atoms with Crippen LogP contribution in [0.15, 0.2) is 55.1 Å². The molecule has 41 heavy (non-hydrogen) atoms. The van der Waals surface area contributed by atoms with Gasteiger partial charge in [-0.3, -0.25) is 9.69 Å². The van der Waals surface area contributed by atoms with E-state index in [1.54, 1.807) is 22.7 Å². The molecular formula is C30H34N8OS2. The molecule has 3 N–H and O–H groups in total. The Kier molecular flexibility index (Phi) is 8.36. The number of imidazole rings is 2. The van der Waals surface area contributed by atoms with Crippen molar-refractivity contribution in [2.24, 2.45) is 0 Å². The van der Waals surface area contributed by atoms with Gasteiger partial charge in [-0.05, 0) is 44.8 Å². The summed E-state index contributed by atoms with van der Waals surface area (Å²) >= 11 is 3.28. The van der Waals surface area contributed by atoms with Crippen LogP contribution in [0.4, 0.5) is 0 Å². The minimum Gasteiger partial charge on any atom is -0.356 e. The van der Waals surface area contributed by atoms with E-state index in [1.807, 2.05) is 55.1 Å². The third kappa shape index (κ3) is 6.47. The number of aromatic nitrogens is 6. The summed E-state index contributed by atoms with van der Waals surface area (Å²) in [6.45, 7) is 3.93. The minimum absolute atomic E-state index is 0.0583. The first-order valence-corrected chi connectivity index (χ1v) is 15.7. The lowest BCUT2D eigenvalue weighted by Gasteiger charge is -2.16. The van der Waals surface area contributed by atoms with Crippen LogP contribution in [-0.2, 0) is 11.2 Å². The number of aromatic amines is 2. The lowest BCUT2D eigenvalue weighted by atomic mass is 10.1. The predicted octanol–water partition coefficient (Wildman–Crippen LogP) is 6.06. The van der Waals surface area contributed by atoms with Crippen LogP contribution >= 0.6 is 22.7 Å². The molecule has 0 unspecified atom stereocenters. The summed E-state index contributed by atoms with van der Waals surface area (Å²) in [5.41, 5.74) is 2.91. The maximum absolute atomic E-state index is 12.2. The van der Waals surface area contributed by atoms with Gasteiger partial charge in [0.1, 0.15) is 21.7 Å². The van der Waals surface area contributed by atoms with Crippen LogP contribution in [0.1, 0.15) is 61.8 Å².